The molecule has 1 aliphatic carbocycles. The third-order valence-corrected chi connectivity index (χ3v) is 5.40. The summed E-state index contributed by atoms with van der Waals surface area (Å²) in [5.41, 5.74) is 4.16. The molecule has 0 bridgehead atoms. The zero-order valence-electron chi connectivity index (χ0n) is 16.0. The van der Waals surface area contributed by atoms with E-state index in [0.29, 0.717) is 24.5 Å². The Morgan fingerprint density at radius 1 is 1.11 bits per heavy atom. The normalized spacial score (nSPS) is 14.3. The molecule has 0 aromatic heterocycles. The van der Waals surface area contributed by atoms with Crippen molar-refractivity contribution in [3.8, 4) is 5.75 Å². The minimum absolute atomic E-state index is 0.0827. The van der Waals surface area contributed by atoms with E-state index in [9.17, 15) is 4.79 Å². The highest BCUT2D eigenvalue weighted by atomic mass is 35.5. The number of aryl methyl sites for hydroxylation is 2. The number of hydrogen-bond donors (Lipinski definition) is 1. The van der Waals surface area contributed by atoms with Crippen molar-refractivity contribution in [1.29, 1.82) is 0 Å². The van der Waals surface area contributed by atoms with Gasteiger partial charge in [-0.1, -0.05) is 36.7 Å². The van der Waals surface area contributed by atoms with Crippen LogP contribution in [0.2, 0.25) is 5.02 Å². The first-order chi connectivity index (χ1) is 13.2. The van der Waals surface area contributed by atoms with Crippen molar-refractivity contribution in [3.05, 3.63) is 64.2 Å². The summed E-state index contributed by atoms with van der Waals surface area (Å²) in [5, 5.41) is 3.87. The van der Waals surface area contributed by atoms with Gasteiger partial charge in [0.15, 0.2) is 0 Å². The molecule has 3 nitrogen and oxygen atoms in total. The second-order valence-corrected chi connectivity index (χ2v) is 7.61. The van der Waals surface area contributed by atoms with Crippen LogP contribution in [0, 0.1) is 0 Å². The number of ether oxygens (including phenoxy) is 1. The van der Waals surface area contributed by atoms with Gasteiger partial charge in [0.2, 0.25) is 5.91 Å². The van der Waals surface area contributed by atoms with Crippen LogP contribution in [0.25, 0.3) is 0 Å². The minimum Gasteiger partial charge on any atom is -0.494 e. The molecule has 144 valence electrons. The van der Waals surface area contributed by atoms with Gasteiger partial charge in [0.05, 0.1) is 12.6 Å². The minimum atomic E-state index is 0.0827. The van der Waals surface area contributed by atoms with Gasteiger partial charge in [-0.05, 0) is 79.5 Å². The zero-order valence-corrected chi connectivity index (χ0v) is 16.7. The van der Waals surface area contributed by atoms with Crippen LogP contribution < -0.4 is 10.1 Å². The van der Waals surface area contributed by atoms with Gasteiger partial charge in [0.1, 0.15) is 5.75 Å². The Morgan fingerprint density at radius 3 is 2.59 bits per heavy atom. The Bertz CT molecular complexity index is 757. The highest BCUT2D eigenvalue weighted by Gasteiger charge is 2.16. The number of nitrogens with one attached hydrogen (secondary N) is 1. The van der Waals surface area contributed by atoms with Crippen molar-refractivity contribution < 1.29 is 9.53 Å². The van der Waals surface area contributed by atoms with Crippen LogP contribution in [0.1, 0.15) is 61.8 Å². The van der Waals surface area contributed by atoms with E-state index in [0.717, 1.165) is 18.6 Å². The molecule has 0 fully saturated rings. The lowest BCUT2D eigenvalue weighted by atomic mass is 9.89. The maximum atomic E-state index is 12.3. The Balaban J connectivity index is 1.46. The number of carbonyl (C=O) groups is 1. The SMILES string of the molecule is CCC(NC(=O)CCCOc1ccc(Cl)cc1)c1ccc2c(c1)CCCC2. The van der Waals surface area contributed by atoms with Gasteiger partial charge in [-0.25, -0.2) is 0 Å². The van der Waals surface area contributed by atoms with Crippen LogP contribution in [0.15, 0.2) is 42.5 Å². The molecule has 2 aromatic carbocycles. The van der Waals surface area contributed by atoms with E-state index < -0.39 is 0 Å². The Morgan fingerprint density at radius 2 is 1.85 bits per heavy atom. The van der Waals surface area contributed by atoms with Crippen molar-refractivity contribution in [1.82, 2.24) is 5.32 Å². The van der Waals surface area contributed by atoms with Crippen LogP contribution in [0.5, 0.6) is 5.75 Å². The molecule has 0 heterocycles. The number of hydrogen-bond acceptors (Lipinski definition) is 2. The first-order valence-electron chi connectivity index (χ1n) is 9.95. The van der Waals surface area contributed by atoms with E-state index in [1.807, 2.05) is 12.1 Å². The van der Waals surface area contributed by atoms with Gasteiger partial charge < -0.3 is 10.1 Å². The first-order valence-corrected chi connectivity index (χ1v) is 10.3. The van der Waals surface area contributed by atoms with Crippen molar-refractivity contribution in [2.75, 3.05) is 6.61 Å². The largest absolute Gasteiger partial charge is 0.494 e. The smallest absolute Gasteiger partial charge is 0.220 e. The highest BCUT2D eigenvalue weighted by molar-refractivity contribution is 6.30. The van der Waals surface area contributed by atoms with Crippen LogP contribution in [0.4, 0.5) is 0 Å². The van der Waals surface area contributed by atoms with Gasteiger partial charge in [-0.15, -0.1) is 0 Å². The lowest BCUT2D eigenvalue weighted by molar-refractivity contribution is -0.122. The number of carbonyl (C=O) groups excluding carboxylic acids is 1. The standard InChI is InChI=1S/C23H28ClNO2/c1-2-22(19-10-9-17-6-3-4-7-18(17)16-19)25-23(26)8-5-15-27-21-13-11-20(24)12-14-21/h9-14,16,22H,2-8,15H2,1H3,(H,25,26). The van der Waals surface area contributed by atoms with Gasteiger partial charge in [-0.3, -0.25) is 4.79 Å². The second-order valence-electron chi connectivity index (χ2n) is 7.17. The van der Waals surface area contributed by atoms with E-state index in [2.05, 4.69) is 30.4 Å². The Kier molecular flexibility index (Phi) is 7.17. The molecule has 27 heavy (non-hydrogen) atoms. The molecule has 4 heteroatoms. The van der Waals surface area contributed by atoms with Crippen molar-refractivity contribution in [3.63, 3.8) is 0 Å². The molecule has 1 aliphatic rings. The summed E-state index contributed by atoms with van der Waals surface area (Å²) < 4.78 is 5.65. The van der Waals surface area contributed by atoms with Crippen molar-refractivity contribution in [2.24, 2.45) is 0 Å². The second kappa shape index (κ2) is 9.80. The molecule has 1 unspecified atom stereocenters. The summed E-state index contributed by atoms with van der Waals surface area (Å²) in [4.78, 5) is 12.3. The molecule has 0 saturated heterocycles. The topological polar surface area (TPSA) is 38.3 Å². The number of rotatable bonds is 8. The molecule has 3 rings (SSSR count). The molecule has 0 radical (unpaired) electrons. The third kappa shape index (κ3) is 5.74. The quantitative estimate of drug-likeness (QED) is 0.596. The van der Waals surface area contributed by atoms with Gasteiger partial charge in [0, 0.05) is 11.4 Å². The van der Waals surface area contributed by atoms with Crippen LogP contribution in [0.3, 0.4) is 0 Å². The third-order valence-electron chi connectivity index (χ3n) is 5.15. The van der Waals surface area contributed by atoms with Crippen molar-refractivity contribution in [2.45, 2.75) is 57.9 Å². The molecule has 1 atom stereocenters. The van der Waals surface area contributed by atoms with Crippen molar-refractivity contribution >= 4 is 17.5 Å². The van der Waals surface area contributed by atoms with Crippen LogP contribution in [-0.4, -0.2) is 12.5 Å². The number of amides is 1. The summed E-state index contributed by atoms with van der Waals surface area (Å²) in [6, 6.07) is 14.1. The van der Waals surface area contributed by atoms with E-state index in [1.54, 1.807) is 12.1 Å². The average molecular weight is 386 g/mol. The fourth-order valence-corrected chi connectivity index (χ4v) is 3.74. The molecule has 0 aliphatic heterocycles. The molecule has 1 amide bonds. The molecule has 0 saturated carbocycles. The summed E-state index contributed by atoms with van der Waals surface area (Å²) in [6.07, 6.45) is 6.96. The summed E-state index contributed by atoms with van der Waals surface area (Å²) in [5.74, 6) is 0.861. The Labute approximate surface area is 167 Å². The lowest BCUT2D eigenvalue weighted by Gasteiger charge is -2.21. The molecular formula is C23H28ClNO2. The maximum Gasteiger partial charge on any atom is 0.220 e. The highest BCUT2D eigenvalue weighted by Crippen LogP contribution is 2.26. The maximum absolute atomic E-state index is 12.3. The predicted octanol–water partition coefficient (Wildman–Crippen LogP) is 5.65. The number of benzene rings is 2. The fraction of sp³-hybridized carbons (Fsp3) is 0.435. The van der Waals surface area contributed by atoms with E-state index in [4.69, 9.17) is 16.3 Å². The monoisotopic (exact) mass is 385 g/mol. The average Bonchev–Trinajstić information content (AvgIpc) is 2.70. The van der Waals surface area contributed by atoms with Crippen LogP contribution in [-0.2, 0) is 17.6 Å². The Hall–Kier alpha value is -2.00. The summed E-state index contributed by atoms with van der Waals surface area (Å²) in [6.45, 7) is 2.64. The summed E-state index contributed by atoms with van der Waals surface area (Å²) in [7, 11) is 0. The summed E-state index contributed by atoms with van der Waals surface area (Å²) >= 11 is 5.86. The molecular weight excluding hydrogens is 358 g/mol. The van der Waals surface area contributed by atoms with E-state index in [-0.39, 0.29) is 11.9 Å². The molecule has 1 N–H and O–H groups in total. The van der Waals surface area contributed by atoms with E-state index in [1.165, 1.54) is 36.0 Å². The first kappa shape index (κ1) is 19.8. The molecule has 0 spiro atoms. The van der Waals surface area contributed by atoms with Crippen LogP contribution >= 0.6 is 11.6 Å². The predicted molar refractivity (Wildman–Crippen MR) is 110 cm³/mol. The number of halogens is 1. The number of fused-ring (bicyclic) bond motifs is 1. The fourth-order valence-electron chi connectivity index (χ4n) is 3.61. The van der Waals surface area contributed by atoms with Gasteiger partial charge in [0.25, 0.3) is 0 Å². The molecule has 2 aromatic rings. The van der Waals surface area contributed by atoms with Gasteiger partial charge >= 0.3 is 0 Å². The lowest BCUT2D eigenvalue weighted by Crippen LogP contribution is -2.28. The van der Waals surface area contributed by atoms with Gasteiger partial charge in [-0.2, -0.15) is 0 Å². The van der Waals surface area contributed by atoms with E-state index >= 15 is 0 Å². The zero-order chi connectivity index (χ0) is 19.1.